The SMILES string of the molecule is Cc1onc2c1c(=O)n(C1CCC(NC(=O)C(O)C(C)C)C1)c1cccc(Cl)c21. The van der Waals surface area contributed by atoms with E-state index in [1.165, 1.54) is 0 Å². The predicted octanol–water partition coefficient (Wildman–Crippen LogP) is 3.33. The summed E-state index contributed by atoms with van der Waals surface area (Å²) in [5.74, 6) is -0.0559. The van der Waals surface area contributed by atoms with E-state index in [-0.39, 0.29) is 29.5 Å². The zero-order valence-electron chi connectivity index (χ0n) is 16.6. The lowest BCUT2D eigenvalue weighted by Gasteiger charge is -2.20. The number of aliphatic hydroxyl groups excluding tert-OH is 1. The molecule has 2 heterocycles. The Balaban J connectivity index is 1.74. The van der Waals surface area contributed by atoms with Crippen LogP contribution in [-0.2, 0) is 4.79 Å². The van der Waals surface area contributed by atoms with Gasteiger partial charge in [-0.25, -0.2) is 0 Å². The third-order valence-corrected chi connectivity index (χ3v) is 6.11. The van der Waals surface area contributed by atoms with Crippen molar-refractivity contribution in [1.82, 2.24) is 15.0 Å². The molecule has 2 aromatic heterocycles. The van der Waals surface area contributed by atoms with E-state index in [2.05, 4.69) is 10.5 Å². The highest BCUT2D eigenvalue weighted by Crippen LogP contribution is 2.36. The molecule has 154 valence electrons. The van der Waals surface area contributed by atoms with Gasteiger partial charge < -0.3 is 19.5 Å². The van der Waals surface area contributed by atoms with Crippen molar-refractivity contribution in [3.63, 3.8) is 0 Å². The molecule has 8 heteroatoms. The topological polar surface area (TPSA) is 97.4 Å². The van der Waals surface area contributed by atoms with Crippen molar-refractivity contribution in [3.8, 4) is 0 Å². The summed E-state index contributed by atoms with van der Waals surface area (Å²) in [6, 6.07) is 5.25. The molecule has 29 heavy (non-hydrogen) atoms. The Bertz CT molecular complexity index is 1150. The van der Waals surface area contributed by atoms with Crippen molar-refractivity contribution in [2.45, 2.75) is 58.2 Å². The van der Waals surface area contributed by atoms with Crippen LogP contribution in [0, 0.1) is 12.8 Å². The van der Waals surface area contributed by atoms with Crippen molar-refractivity contribution in [1.29, 1.82) is 0 Å². The molecule has 0 aliphatic heterocycles. The maximum Gasteiger partial charge on any atom is 0.264 e. The summed E-state index contributed by atoms with van der Waals surface area (Å²) in [6.45, 7) is 5.32. The number of nitrogens with zero attached hydrogens (tertiary/aromatic N) is 2. The Hall–Kier alpha value is -2.38. The fraction of sp³-hybridized carbons (Fsp3) is 0.476. The number of rotatable bonds is 4. The molecule has 1 aromatic carbocycles. The first-order valence-corrected chi connectivity index (χ1v) is 10.2. The van der Waals surface area contributed by atoms with E-state index < -0.39 is 6.10 Å². The molecule has 0 spiro atoms. The molecule has 0 bridgehead atoms. The van der Waals surface area contributed by atoms with Crippen LogP contribution in [0.1, 0.15) is 44.9 Å². The summed E-state index contributed by atoms with van der Waals surface area (Å²) in [5, 5.41) is 18.6. The molecule has 0 radical (unpaired) electrons. The summed E-state index contributed by atoms with van der Waals surface area (Å²) < 4.78 is 7.05. The molecule has 1 fully saturated rings. The minimum absolute atomic E-state index is 0.0938. The molecular formula is C21H24ClN3O4. The van der Waals surface area contributed by atoms with Gasteiger partial charge in [-0.1, -0.05) is 36.7 Å². The second-order valence-electron chi connectivity index (χ2n) is 8.13. The molecule has 7 nitrogen and oxygen atoms in total. The van der Waals surface area contributed by atoms with Crippen molar-refractivity contribution in [3.05, 3.63) is 39.3 Å². The number of halogens is 1. The van der Waals surface area contributed by atoms with Gasteiger partial charge >= 0.3 is 0 Å². The minimum atomic E-state index is -1.03. The quantitative estimate of drug-likeness (QED) is 0.678. The van der Waals surface area contributed by atoms with Crippen molar-refractivity contribution in [2.75, 3.05) is 0 Å². The first-order chi connectivity index (χ1) is 13.8. The average Bonchev–Trinajstić information content (AvgIpc) is 3.28. The molecule has 3 aromatic rings. The van der Waals surface area contributed by atoms with Crippen LogP contribution < -0.4 is 10.9 Å². The number of hydrogen-bond donors (Lipinski definition) is 2. The number of carbonyl (C=O) groups excluding carboxylic acids is 1. The molecule has 3 atom stereocenters. The summed E-state index contributed by atoms with van der Waals surface area (Å²) in [5.41, 5.74) is 1.03. The molecule has 1 saturated carbocycles. The highest BCUT2D eigenvalue weighted by atomic mass is 35.5. The zero-order valence-corrected chi connectivity index (χ0v) is 17.4. The van der Waals surface area contributed by atoms with Gasteiger partial charge in [0.25, 0.3) is 5.56 Å². The van der Waals surface area contributed by atoms with Gasteiger partial charge in [0.05, 0.1) is 10.5 Å². The Morgan fingerprint density at radius 2 is 2.10 bits per heavy atom. The second-order valence-corrected chi connectivity index (χ2v) is 8.54. The van der Waals surface area contributed by atoms with Crippen LogP contribution in [0.2, 0.25) is 5.02 Å². The number of aliphatic hydroxyl groups is 1. The van der Waals surface area contributed by atoms with E-state index >= 15 is 0 Å². The monoisotopic (exact) mass is 417 g/mol. The highest BCUT2D eigenvalue weighted by molar-refractivity contribution is 6.37. The molecule has 1 aliphatic rings. The molecule has 1 aliphatic carbocycles. The van der Waals surface area contributed by atoms with Crippen LogP contribution in [0.15, 0.2) is 27.5 Å². The van der Waals surface area contributed by atoms with Crippen LogP contribution in [0.5, 0.6) is 0 Å². The van der Waals surface area contributed by atoms with Gasteiger partial charge in [0.2, 0.25) is 5.91 Å². The number of carbonyl (C=O) groups is 1. The van der Waals surface area contributed by atoms with Crippen molar-refractivity contribution < 1.29 is 14.4 Å². The minimum Gasteiger partial charge on any atom is -0.383 e. The van der Waals surface area contributed by atoms with Gasteiger partial charge in [-0.05, 0) is 44.2 Å². The number of benzene rings is 1. The number of amides is 1. The van der Waals surface area contributed by atoms with Crippen LogP contribution >= 0.6 is 11.6 Å². The Kier molecular flexibility index (Phi) is 5.12. The molecule has 3 unspecified atom stereocenters. The van der Waals surface area contributed by atoms with Gasteiger partial charge in [-0.3, -0.25) is 9.59 Å². The normalized spacial score (nSPS) is 20.6. The smallest absolute Gasteiger partial charge is 0.264 e. The molecule has 0 saturated heterocycles. The van der Waals surface area contributed by atoms with Crippen LogP contribution in [0.3, 0.4) is 0 Å². The first kappa shape index (κ1) is 19.9. The van der Waals surface area contributed by atoms with E-state index in [1.807, 2.05) is 12.1 Å². The standard InChI is InChI=1S/C21H24ClN3O4/c1-10(2)19(26)20(27)23-12-7-8-13(9-12)25-15-6-4-5-14(22)17(15)18-16(21(25)28)11(3)29-24-18/h4-6,10,12-13,19,26H,7-9H2,1-3H3,(H,23,27). The Morgan fingerprint density at radius 1 is 1.34 bits per heavy atom. The maximum atomic E-state index is 13.3. The van der Waals surface area contributed by atoms with Gasteiger partial charge in [0, 0.05) is 17.5 Å². The number of fused-ring (bicyclic) bond motifs is 3. The molecule has 4 rings (SSSR count). The number of hydrogen-bond acceptors (Lipinski definition) is 5. The van der Waals surface area contributed by atoms with Crippen molar-refractivity contribution in [2.24, 2.45) is 5.92 Å². The first-order valence-electron chi connectivity index (χ1n) is 9.86. The van der Waals surface area contributed by atoms with E-state index in [9.17, 15) is 14.7 Å². The van der Waals surface area contributed by atoms with Crippen LogP contribution in [0.4, 0.5) is 0 Å². The summed E-state index contributed by atoms with van der Waals surface area (Å²) in [7, 11) is 0. The fourth-order valence-electron chi connectivity index (χ4n) is 4.25. The highest BCUT2D eigenvalue weighted by Gasteiger charge is 2.32. The van der Waals surface area contributed by atoms with E-state index in [0.717, 1.165) is 12.8 Å². The lowest BCUT2D eigenvalue weighted by molar-refractivity contribution is -0.132. The lowest BCUT2D eigenvalue weighted by Crippen LogP contribution is -2.42. The number of aryl methyl sites for hydroxylation is 1. The second kappa shape index (κ2) is 7.46. The molecule has 2 N–H and O–H groups in total. The summed E-state index contributed by atoms with van der Waals surface area (Å²) in [6.07, 6.45) is 1.04. The average molecular weight is 418 g/mol. The van der Waals surface area contributed by atoms with Crippen LogP contribution in [-0.4, -0.2) is 32.9 Å². The zero-order chi connectivity index (χ0) is 20.9. The van der Waals surface area contributed by atoms with Gasteiger partial charge in [-0.15, -0.1) is 0 Å². The van der Waals surface area contributed by atoms with Crippen molar-refractivity contribution >= 4 is 39.3 Å². The third kappa shape index (κ3) is 3.32. The predicted molar refractivity (Wildman–Crippen MR) is 111 cm³/mol. The largest absolute Gasteiger partial charge is 0.383 e. The number of aromatic nitrogens is 2. The van der Waals surface area contributed by atoms with E-state index in [0.29, 0.717) is 39.0 Å². The lowest BCUT2D eigenvalue weighted by atomic mass is 10.1. The molecule has 1 amide bonds. The van der Waals surface area contributed by atoms with Gasteiger partial charge in [0.15, 0.2) is 0 Å². The Labute approximate surface area is 172 Å². The van der Waals surface area contributed by atoms with Crippen LogP contribution in [0.25, 0.3) is 21.8 Å². The molecular weight excluding hydrogens is 394 g/mol. The number of pyridine rings is 1. The van der Waals surface area contributed by atoms with Gasteiger partial charge in [-0.2, -0.15) is 0 Å². The van der Waals surface area contributed by atoms with Gasteiger partial charge in [0.1, 0.15) is 22.8 Å². The fourth-order valence-corrected chi connectivity index (χ4v) is 4.51. The maximum absolute atomic E-state index is 13.3. The summed E-state index contributed by atoms with van der Waals surface area (Å²) >= 11 is 6.46. The Morgan fingerprint density at radius 3 is 2.83 bits per heavy atom. The summed E-state index contributed by atoms with van der Waals surface area (Å²) in [4.78, 5) is 25.6. The van der Waals surface area contributed by atoms with E-state index in [4.69, 9.17) is 16.1 Å². The third-order valence-electron chi connectivity index (χ3n) is 5.80. The van der Waals surface area contributed by atoms with E-state index in [1.54, 1.807) is 31.4 Å². The number of nitrogens with one attached hydrogen (secondary N) is 1.